The Kier molecular flexibility index (Phi) is 6.09. The van der Waals surface area contributed by atoms with Gasteiger partial charge in [-0.3, -0.25) is 0 Å². The molecule has 0 rings (SSSR count). The topological polar surface area (TPSA) is 0 Å². The molecular weight excluding hydrogens is 222 g/mol. The van der Waals surface area contributed by atoms with E-state index in [-0.39, 0.29) is 23.8 Å². The van der Waals surface area contributed by atoms with Crippen molar-refractivity contribution in [3.63, 3.8) is 0 Å². The van der Waals surface area contributed by atoms with Crippen LogP contribution < -0.4 is 18.9 Å². The molecule has 0 aliphatic rings. The van der Waals surface area contributed by atoms with Gasteiger partial charge in [-0.05, 0) is 0 Å². The van der Waals surface area contributed by atoms with E-state index in [1.807, 2.05) is 0 Å². The van der Waals surface area contributed by atoms with Crippen molar-refractivity contribution in [2.75, 3.05) is 0 Å². The Balaban J connectivity index is 0. The Hall–Kier alpha value is 1.31. The van der Waals surface area contributed by atoms with Crippen LogP contribution in [0.4, 0.5) is 0 Å². The van der Waals surface area contributed by atoms with Gasteiger partial charge in [0.1, 0.15) is 0 Å². The van der Waals surface area contributed by atoms with Gasteiger partial charge < -0.3 is 0 Å². The van der Waals surface area contributed by atoms with E-state index >= 15 is 0 Å². The summed E-state index contributed by atoms with van der Waals surface area (Å²) in [4.78, 5) is -0.0208. The predicted octanol–water partition coefficient (Wildman–Crippen LogP) is 1.32. The van der Waals surface area contributed by atoms with Gasteiger partial charge in [-0.15, -0.1) is 23.8 Å². The minimum Gasteiger partial charge on any atom is -0.193 e. The maximum atomic E-state index is 2.69. The summed E-state index contributed by atoms with van der Waals surface area (Å²) in [5.74, 6) is 0. The van der Waals surface area contributed by atoms with Crippen LogP contribution in [-0.4, -0.2) is 28.8 Å². The largest absolute Gasteiger partial charge is 1.00 e. The van der Waals surface area contributed by atoms with Gasteiger partial charge in [-0.25, -0.2) is 0 Å². The van der Waals surface area contributed by atoms with E-state index in [4.69, 9.17) is 0 Å². The van der Waals surface area contributed by atoms with Crippen molar-refractivity contribution in [1.82, 2.24) is 0 Å². The Morgan fingerprint density at radius 3 is 0.667 bits per heavy atom. The summed E-state index contributed by atoms with van der Waals surface area (Å²) in [6, 6.07) is 0. The van der Waals surface area contributed by atoms with E-state index < -0.39 is 23.8 Å². The minimum atomic E-state index is -0.996. The average molecular weight is 252 g/mol. The fourth-order valence-electron chi connectivity index (χ4n) is 3.90. The van der Waals surface area contributed by atoms with Crippen molar-refractivity contribution in [3.8, 4) is 0 Å². The minimum absolute atomic E-state index is 0. The van der Waals surface area contributed by atoms with E-state index in [9.17, 15) is 0 Å². The van der Waals surface area contributed by atoms with E-state index in [0.717, 1.165) is 0 Å². The third-order valence-electron chi connectivity index (χ3n) is 5.20. The third-order valence-corrected chi connectivity index (χ3v) is 31.2. The monoisotopic (exact) mass is 252 g/mol. The van der Waals surface area contributed by atoms with Crippen molar-refractivity contribution in [1.29, 1.82) is 0 Å². The molecule has 0 nitrogen and oxygen atoms in total. The molecule has 0 aromatic heterocycles. The number of rotatable bonds is 3. The van der Waals surface area contributed by atoms with Gasteiger partial charge in [-0.1, -0.05) is 58.9 Å². The van der Waals surface area contributed by atoms with Gasteiger partial charge in [0.25, 0.3) is 0 Å². The van der Waals surface area contributed by atoms with Crippen LogP contribution >= 0.6 is 0 Å². The van der Waals surface area contributed by atoms with Crippen molar-refractivity contribution < 1.29 is 18.9 Å². The first-order valence-corrected chi connectivity index (χ1v) is 16.7. The van der Waals surface area contributed by atoms with Crippen molar-refractivity contribution >= 4 is 28.8 Å². The fourth-order valence-corrected chi connectivity index (χ4v) is 35.1. The normalized spacial score (nSPS) is 14.8. The molecule has 0 spiro atoms. The van der Waals surface area contributed by atoms with Gasteiger partial charge in [0.05, 0.1) is 0 Å². The molecule has 15 heavy (non-hydrogen) atoms. The second-order valence-electron chi connectivity index (χ2n) is 8.40. The number of hydrogen-bond acceptors (Lipinski definition) is 0. The molecular formula is C10H30BLiSi3. The van der Waals surface area contributed by atoms with E-state index in [2.05, 4.69) is 65.7 Å². The third kappa shape index (κ3) is 3.39. The van der Waals surface area contributed by atoms with Crippen molar-refractivity contribution in [2.24, 2.45) is 0 Å². The summed E-state index contributed by atoms with van der Waals surface area (Å²) in [7, 11) is -2.99. The second kappa shape index (κ2) is 4.90. The Morgan fingerprint density at radius 1 is 0.533 bits per heavy atom. The molecule has 0 unspecified atom stereocenters. The van der Waals surface area contributed by atoms with Crippen molar-refractivity contribution in [2.45, 2.75) is 65.7 Å². The SMILES string of the molecule is C[B-]([Si](C)(C)C)([Si](C)(C)C)[Si](C)(C)C.[Li+]. The molecule has 0 bridgehead atoms. The summed E-state index contributed by atoms with van der Waals surface area (Å²) in [6.07, 6.45) is 0. The molecule has 0 saturated heterocycles. The second-order valence-corrected chi connectivity index (χ2v) is 27.8. The first-order chi connectivity index (χ1) is 5.75. The predicted molar refractivity (Wildman–Crippen MR) is 81.7 cm³/mol. The van der Waals surface area contributed by atoms with Crippen LogP contribution in [0.15, 0.2) is 0 Å². The standard InChI is InChI=1S/C10H30BSi3.Li/c1-11(12(2,3)4,13(5,6)7)14(8,9)10;/h1-10H3;/q-1;+1. The Labute approximate surface area is 113 Å². The number of hydrogen-bond donors (Lipinski definition) is 0. The fraction of sp³-hybridized carbons (Fsp3) is 1.00. The van der Waals surface area contributed by atoms with Crippen LogP contribution in [-0.2, 0) is 0 Å². The molecule has 0 aliphatic heterocycles. The average Bonchev–Trinajstić information content (AvgIpc) is 1.77. The molecule has 0 amide bonds. The Morgan fingerprint density at radius 2 is 0.667 bits per heavy atom. The van der Waals surface area contributed by atoms with Gasteiger partial charge in [0.15, 0.2) is 0 Å². The molecule has 0 radical (unpaired) electrons. The summed E-state index contributed by atoms with van der Waals surface area (Å²) >= 11 is 0. The molecule has 0 aliphatic carbocycles. The van der Waals surface area contributed by atoms with Gasteiger partial charge in [0, 0.05) is 4.92 Å². The smallest absolute Gasteiger partial charge is 0.193 e. The zero-order valence-corrected chi connectivity index (χ0v) is 16.1. The maximum absolute atomic E-state index is 2.69. The first kappa shape index (κ1) is 18.7. The molecule has 0 saturated carbocycles. The summed E-state index contributed by atoms with van der Waals surface area (Å²) < 4.78 is 0. The maximum Gasteiger partial charge on any atom is 1.00 e. The van der Waals surface area contributed by atoms with E-state index in [1.54, 1.807) is 0 Å². The summed E-state index contributed by atoms with van der Waals surface area (Å²) in [5, 5.41) is 0. The van der Waals surface area contributed by atoms with E-state index in [1.165, 1.54) is 0 Å². The molecule has 0 N–H and O–H groups in total. The van der Waals surface area contributed by atoms with Crippen LogP contribution in [0.1, 0.15) is 0 Å². The Bertz CT molecular complexity index is 174. The van der Waals surface area contributed by atoms with Crippen molar-refractivity contribution in [3.05, 3.63) is 0 Å². The summed E-state index contributed by atoms with van der Waals surface area (Å²) in [6.45, 7) is 26.1. The van der Waals surface area contributed by atoms with Crippen LogP contribution in [0.3, 0.4) is 0 Å². The van der Waals surface area contributed by atoms with Crippen LogP contribution in [0.25, 0.3) is 0 Å². The molecule has 0 fully saturated rings. The molecule has 5 heteroatoms. The zero-order valence-electron chi connectivity index (χ0n) is 13.1. The van der Waals surface area contributed by atoms with Crippen LogP contribution in [0.5, 0.6) is 0 Å². The van der Waals surface area contributed by atoms with Gasteiger partial charge in [0.2, 0.25) is 0 Å². The molecule has 86 valence electrons. The molecule has 0 aromatic carbocycles. The summed E-state index contributed by atoms with van der Waals surface area (Å²) in [5.41, 5.74) is 0. The van der Waals surface area contributed by atoms with E-state index in [0.29, 0.717) is 0 Å². The first-order valence-electron chi connectivity index (χ1n) is 5.94. The zero-order chi connectivity index (χ0) is 12.0. The van der Waals surface area contributed by atoms with Gasteiger partial charge >= 0.3 is 18.9 Å². The molecule has 0 aromatic rings. The van der Waals surface area contributed by atoms with Gasteiger partial charge in [-0.2, -0.15) is 6.82 Å². The molecule has 0 atom stereocenters. The quantitative estimate of drug-likeness (QED) is 0.665. The van der Waals surface area contributed by atoms with Crippen LogP contribution in [0, 0.1) is 0 Å². The molecule has 0 heterocycles. The van der Waals surface area contributed by atoms with Crippen LogP contribution in [0.2, 0.25) is 65.7 Å².